The van der Waals surface area contributed by atoms with Crippen molar-refractivity contribution in [2.45, 2.75) is 39.4 Å². The number of aliphatic carboxylic acids is 1. The average Bonchev–Trinajstić information content (AvgIpc) is 2.84. The lowest BCUT2D eigenvalue weighted by Crippen LogP contribution is -2.30. The molecule has 1 aromatic rings. The molecule has 2 N–H and O–H groups in total. The summed E-state index contributed by atoms with van der Waals surface area (Å²) in [5.41, 5.74) is 0.445. The molecule has 124 valence electrons. The molecule has 1 aromatic carbocycles. The van der Waals surface area contributed by atoms with Gasteiger partial charge in [-0.05, 0) is 11.0 Å². The standard InChI is InChI=1S/C17H21NO5/c1-17(2,10-15(20)21)9-13(19)18-14-11-22-16(23-14)8-12-6-4-3-5-7-12/h3-7,11,16H,8-10H2,1-2H3,(H,18,19)(H,20,21)/t16-/m1/s1. The maximum atomic E-state index is 12.0. The molecule has 1 aliphatic heterocycles. The summed E-state index contributed by atoms with van der Waals surface area (Å²) >= 11 is 0. The molecule has 2 rings (SSSR count). The summed E-state index contributed by atoms with van der Waals surface area (Å²) in [6, 6.07) is 9.74. The van der Waals surface area contributed by atoms with Crippen molar-refractivity contribution in [3.63, 3.8) is 0 Å². The summed E-state index contributed by atoms with van der Waals surface area (Å²) in [6.45, 7) is 3.47. The van der Waals surface area contributed by atoms with Gasteiger partial charge in [0, 0.05) is 12.8 Å². The quantitative estimate of drug-likeness (QED) is 0.806. The molecule has 6 heteroatoms. The summed E-state index contributed by atoms with van der Waals surface area (Å²) < 4.78 is 10.9. The Morgan fingerprint density at radius 2 is 1.91 bits per heavy atom. The largest absolute Gasteiger partial charge is 0.481 e. The molecule has 1 amide bonds. The number of benzene rings is 1. The summed E-state index contributed by atoms with van der Waals surface area (Å²) in [5, 5.41) is 11.4. The monoisotopic (exact) mass is 319 g/mol. The van der Waals surface area contributed by atoms with Crippen molar-refractivity contribution in [1.82, 2.24) is 5.32 Å². The Hall–Kier alpha value is -2.50. The molecule has 0 radical (unpaired) electrons. The summed E-state index contributed by atoms with van der Waals surface area (Å²) in [5.74, 6) is -0.973. The smallest absolute Gasteiger partial charge is 0.303 e. The molecule has 0 aromatic heterocycles. The first-order valence-electron chi connectivity index (χ1n) is 7.42. The number of carboxylic acids is 1. The fourth-order valence-electron chi connectivity index (χ4n) is 2.38. The van der Waals surface area contributed by atoms with Gasteiger partial charge in [-0.3, -0.25) is 14.9 Å². The summed E-state index contributed by atoms with van der Waals surface area (Å²) in [7, 11) is 0. The van der Waals surface area contributed by atoms with Gasteiger partial charge in [0.2, 0.25) is 18.1 Å². The number of amides is 1. The van der Waals surface area contributed by atoms with Crippen LogP contribution in [0, 0.1) is 5.41 Å². The number of hydrogen-bond donors (Lipinski definition) is 2. The molecule has 23 heavy (non-hydrogen) atoms. The van der Waals surface area contributed by atoms with Gasteiger partial charge in [-0.25, -0.2) is 0 Å². The van der Waals surface area contributed by atoms with E-state index in [4.69, 9.17) is 14.6 Å². The Morgan fingerprint density at radius 3 is 2.57 bits per heavy atom. The molecular weight excluding hydrogens is 298 g/mol. The number of hydrogen-bond acceptors (Lipinski definition) is 4. The van der Waals surface area contributed by atoms with Gasteiger partial charge < -0.3 is 14.6 Å². The fraction of sp³-hybridized carbons (Fsp3) is 0.412. The van der Waals surface area contributed by atoms with Gasteiger partial charge in [-0.1, -0.05) is 44.2 Å². The van der Waals surface area contributed by atoms with Crippen LogP contribution in [0.1, 0.15) is 32.3 Å². The van der Waals surface area contributed by atoms with Crippen LogP contribution < -0.4 is 5.32 Å². The third kappa shape index (κ3) is 5.65. The molecule has 0 saturated carbocycles. The molecule has 0 unspecified atom stereocenters. The lowest BCUT2D eigenvalue weighted by Gasteiger charge is -2.21. The summed E-state index contributed by atoms with van der Waals surface area (Å²) in [6.07, 6.45) is 1.48. The van der Waals surface area contributed by atoms with Crippen molar-refractivity contribution < 1.29 is 24.2 Å². The zero-order valence-corrected chi connectivity index (χ0v) is 13.2. The number of nitrogens with one attached hydrogen (secondary N) is 1. The van der Waals surface area contributed by atoms with E-state index < -0.39 is 17.7 Å². The van der Waals surface area contributed by atoms with Crippen molar-refractivity contribution in [1.29, 1.82) is 0 Å². The number of carbonyl (C=O) groups is 2. The van der Waals surface area contributed by atoms with Gasteiger partial charge in [-0.15, -0.1) is 0 Å². The SMILES string of the molecule is CC(C)(CC(=O)O)CC(=O)NC1=CO[C@@H](Cc2ccccc2)O1. The van der Waals surface area contributed by atoms with Crippen molar-refractivity contribution in [2.24, 2.45) is 5.41 Å². The van der Waals surface area contributed by atoms with E-state index in [0.29, 0.717) is 6.42 Å². The van der Waals surface area contributed by atoms with E-state index in [1.807, 2.05) is 30.3 Å². The van der Waals surface area contributed by atoms with E-state index in [1.165, 1.54) is 6.26 Å². The van der Waals surface area contributed by atoms with Gasteiger partial charge in [-0.2, -0.15) is 0 Å². The van der Waals surface area contributed by atoms with Crippen LogP contribution in [-0.2, 0) is 25.5 Å². The lowest BCUT2D eigenvalue weighted by atomic mass is 9.85. The van der Waals surface area contributed by atoms with Crippen molar-refractivity contribution in [3.05, 3.63) is 48.0 Å². The van der Waals surface area contributed by atoms with Crippen LogP contribution in [0.2, 0.25) is 0 Å². The van der Waals surface area contributed by atoms with E-state index in [2.05, 4.69) is 5.32 Å². The molecule has 6 nitrogen and oxygen atoms in total. The van der Waals surface area contributed by atoms with Crippen LogP contribution in [0.3, 0.4) is 0 Å². The van der Waals surface area contributed by atoms with Crippen LogP contribution in [0.5, 0.6) is 0 Å². The van der Waals surface area contributed by atoms with Gasteiger partial charge >= 0.3 is 5.97 Å². The van der Waals surface area contributed by atoms with E-state index >= 15 is 0 Å². The van der Waals surface area contributed by atoms with E-state index in [9.17, 15) is 9.59 Å². The van der Waals surface area contributed by atoms with Crippen LogP contribution in [-0.4, -0.2) is 23.3 Å². The predicted octanol–water partition coefficient (Wildman–Crippen LogP) is 2.41. The van der Waals surface area contributed by atoms with Crippen LogP contribution in [0.4, 0.5) is 0 Å². The van der Waals surface area contributed by atoms with Gasteiger partial charge in [0.05, 0.1) is 6.42 Å². The first kappa shape index (κ1) is 16.9. The van der Waals surface area contributed by atoms with Crippen LogP contribution in [0.15, 0.2) is 42.5 Å². The molecule has 1 atom stereocenters. The van der Waals surface area contributed by atoms with Crippen molar-refractivity contribution >= 4 is 11.9 Å². The highest BCUT2D eigenvalue weighted by atomic mass is 16.7. The molecular formula is C17H21NO5. The first-order valence-corrected chi connectivity index (χ1v) is 7.42. The second-order valence-electron chi connectivity index (χ2n) is 6.31. The van der Waals surface area contributed by atoms with Gasteiger partial charge in [0.1, 0.15) is 6.26 Å². The zero-order chi connectivity index (χ0) is 16.9. The summed E-state index contributed by atoms with van der Waals surface area (Å²) in [4.78, 5) is 22.8. The van der Waals surface area contributed by atoms with Crippen molar-refractivity contribution in [2.75, 3.05) is 0 Å². The topological polar surface area (TPSA) is 84.9 Å². The molecule has 1 heterocycles. The third-order valence-electron chi connectivity index (χ3n) is 3.36. The molecule has 0 fully saturated rings. The normalized spacial score (nSPS) is 17.0. The number of carboxylic acid groups (broad SMARTS) is 1. The minimum absolute atomic E-state index is 0.0759. The molecule has 0 bridgehead atoms. The highest BCUT2D eigenvalue weighted by Gasteiger charge is 2.27. The van der Waals surface area contributed by atoms with E-state index in [1.54, 1.807) is 13.8 Å². The molecule has 0 spiro atoms. The van der Waals surface area contributed by atoms with Crippen LogP contribution >= 0.6 is 0 Å². The first-order chi connectivity index (χ1) is 10.8. The minimum Gasteiger partial charge on any atom is -0.481 e. The Morgan fingerprint density at radius 1 is 1.22 bits per heavy atom. The lowest BCUT2D eigenvalue weighted by molar-refractivity contribution is -0.139. The maximum absolute atomic E-state index is 12.0. The average molecular weight is 319 g/mol. The number of carbonyl (C=O) groups excluding carboxylic acids is 1. The Bertz CT molecular complexity index is 594. The maximum Gasteiger partial charge on any atom is 0.303 e. The molecule has 0 aliphatic carbocycles. The van der Waals surface area contributed by atoms with Gasteiger partial charge in [0.15, 0.2) is 0 Å². The fourth-order valence-corrected chi connectivity index (χ4v) is 2.38. The highest BCUT2D eigenvalue weighted by Crippen LogP contribution is 2.25. The Kier molecular flexibility index (Phi) is 5.26. The van der Waals surface area contributed by atoms with E-state index in [-0.39, 0.29) is 24.6 Å². The predicted molar refractivity (Wildman–Crippen MR) is 83.0 cm³/mol. The Balaban J connectivity index is 1.78. The third-order valence-corrected chi connectivity index (χ3v) is 3.36. The number of ether oxygens (including phenoxy) is 2. The second kappa shape index (κ2) is 7.17. The second-order valence-corrected chi connectivity index (χ2v) is 6.31. The molecule has 0 saturated heterocycles. The van der Waals surface area contributed by atoms with Gasteiger partial charge in [0.25, 0.3) is 0 Å². The molecule has 1 aliphatic rings. The van der Waals surface area contributed by atoms with E-state index in [0.717, 1.165) is 5.56 Å². The minimum atomic E-state index is -0.926. The highest BCUT2D eigenvalue weighted by molar-refractivity contribution is 5.79. The number of rotatable bonds is 7. The van der Waals surface area contributed by atoms with Crippen molar-refractivity contribution in [3.8, 4) is 0 Å². The van der Waals surface area contributed by atoms with Crippen LogP contribution in [0.25, 0.3) is 0 Å². The zero-order valence-electron chi connectivity index (χ0n) is 13.2. The Labute approximate surface area is 135 Å².